The zero-order chi connectivity index (χ0) is 19.0. The van der Waals surface area contributed by atoms with Crippen LogP contribution in [0.5, 0.6) is 5.75 Å². The van der Waals surface area contributed by atoms with E-state index >= 15 is 0 Å². The van der Waals surface area contributed by atoms with Crippen LogP contribution < -0.4 is 20.7 Å². The van der Waals surface area contributed by atoms with Crippen LogP contribution in [0.25, 0.3) is 0 Å². The number of benzene rings is 1. The summed E-state index contributed by atoms with van der Waals surface area (Å²) in [5.41, 5.74) is 1.70. The van der Waals surface area contributed by atoms with E-state index in [1.165, 1.54) is 0 Å². The maximum Gasteiger partial charge on any atom is 0.227 e. The van der Waals surface area contributed by atoms with E-state index in [1.807, 2.05) is 40.7 Å². The smallest absolute Gasteiger partial charge is 0.227 e. The third kappa shape index (κ3) is 6.64. The van der Waals surface area contributed by atoms with E-state index in [9.17, 15) is 4.79 Å². The third-order valence-corrected chi connectivity index (χ3v) is 3.79. The molecule has 0 aromatic heterocycles. The third-order valence-electron chi connectivity index (χ3n) is 3.79. The van der Waals surface area contributed by atoms with Crippen molar-refractivity contribution in [3.05, 3.63) is 29.3 Å². The molecule has 0 atom stereocenters. The maximum absolute atomic E-state index is 11.9. The lowest BCUT2D eigenvalue weighted by atomic mass is 9.92. The van der Waals surface area contributed by atoms with Crippen molar-refractivity contribution < 1.29 is 9.53 Å². The van der Waals surface area contributed by atoms with E-state index in [4.69, 9.17) is 4.74 Å². The Hall–Kier alpha value is -2.24. The van der Waals surface area contributed by atoms with Gasteiger partial charge in [-0.2, -0.15) is 0 Å². The molecule has 0 bridgehead atoms. The van der Waals surface area contributed by atoms with Gasteiger partial charge in [-0.3, -0.25) is 9.79 Å². The summed E-state index contributed by atoms with van der Waals surface area (Å²) in [4.78, 5) is 16.1. The highest BCUT2D eigenvalue weighted by Crippen LogP contribution is 2.21. The van der Waals surface area contributed by atoms with Gasteiger partial charge < -0.3 is 20.7 Å². The quantitative estimate of drug-likeness (QED) is 0.522. The lowest BCUT2D eigenvalue weighted by molar-refractivity contribution is -0.128. The van der Waals surface area contributed by atoms with Gasteiger partial charge in [0.05, 0.1) is 11.5 Å². The van der Waals surface area contributed by atoms with Gasteiger partial charge in [-0.15, -0.1) is 0 Å². The highest BCUT2D eigenvalue weighted by atomic mass is 16.5. The van der Waals surface area contributed by atoms with Gasteiger partial charge in [0.1, 0.15) is 5.75 Å². The number of hydrogen-bond acceptors (Lipinski definition) is 3. The summed E-state index contributed by atoms with van der Waals surface area (Å²) in [5.74, 6) is 1.51. The molecule has 0 aliphatic carbocycles. The summed E-state index contributed by atoms with van der Waals surface area (Å²) in [6.45, 7) is 10.9. The number of carbonyl (C=O) groups excluding carboxylic acids is 1. The molecule has 0 fully saturated rings. The van der Waals surface area contributed by atoms with E-state index in [2.05, 4.69) is 33.1 Å². The van der Waals surface area contributed by atoms with Crippen LogP contribution in [-0.2, 0) is 11.3 Å². The second-order valence-electron chi connectivity index (χ2n) is 7.02. The zero-order valence-corrected chi connectivity index (χ0v) is 16.5. The zero-order valence-electron chi connectivity index (χ0n) is 16.5. The fraction of sp³-hybridized carbons (Fsp3) is 0.579. The van der Waals surface area contributed by atoms with E-state index < -0.39 is 5.41 Å². The molecular weight excluding hydrogens is 316 g/mol. The molecule has 1 aromatic rings. The minimum atomic E-state index is -0.526. The Kier molecular flexibility index (Phi) is 7.74. The van der Waals surface area contributed by atoms with E-state index in [-0.39, 0.29) is 12.0 Å². The molecule has 1 aromatic carbocycles. The highest BCUT2D eigenvalue weighted by molar-refractivity contribution is 5.84. The Morgan fingerprint density at radius 3 is 2.52 bits per heavy atom. The second-order valence-corrected chi connectivity index (χ2v) is 7.02. The largest absolute Gasteiger partial charge is 0.491 e. The molecule has 6 nitrogen and oxygen atoms in total. The molecule has 25 heavy (non-hydrogen) atoms. The molecule has 0 unspecified atom stereocenters. The molecule has 0 heterocycles. The number of aliphatic imine (C=N–C) groups is 1. The van der Waals surface area contributed by atoms with Gasteiger partial charge in [0.15, 0.2) is 5.96 Å². The number of guanidine groups is 1. The fourth-order valence-corrected chi connectivity index (χ4v) is 2.29. The van der Waals surface area contributed by atoms with Crippen LogP contribution in [0.2, 0.25) is 0 Å². The number of ether oxygens (including phenoxy) is 1. The van der Waals surface area contributed by atoms with Crippen molar-refractivity contribution in [2.24, 2.45) is 10.4 Å². The van der Waals surface area contributed by atoms with Crippen LogP contribution in [0.1, 0.15) is 38.8 Å². The normalized spacial score (nSPS) is 12.1. The standard InChI is InChI=1S/C19H32N4O2/c1-13(2)25-16-10-14(3)8-9-15(16)11-22-18(21-7)23-12-19(4,5)17(24)20-6/h8-10,13H,11-12H2,1-7H3,(H,20,24)(H2,21,22,23). The molecule has 0 saturated carbocycles. The van der Waals surface area contributed by atoms with Crippen LogP contribution in [0.15, 0.2) is 23.2 Å². The minimum Gasteiger partial charge on any atom is -0.491 e. The number of hydrogen-bond donors (Lipinski definition) is 3. The molecular formula is C19H32N4O2. The van der Waals surface area contributed by atoms with Crippen LogP contribution in [0, 0.1) is 12.3 Å². The van der Waals surface area contributed by atoms with E-state index in [1.54, 1.807) is 14.1 Å². The molecule has 1 rings (SSSR count). The van der Waals surface area contributed by atoms with Gasteiger partial charge in [0, 0.05) is 32.7 Å². The predicted octanol–water partition coefficient (Wildman–Crippen LogP) is 2.22. The second kappa shape index (κ2) is 9.30. The summed E-state index contributed by atoms with van der Waals surface area (Å²) < 4.78 is 5.90. The van der Waals surface area contributed by atoms with Gasteiger partial charge in [0.2, 0.25) is 5.91 Å². The molecule has 3 N–H and O–H groups in total. The molecule has 6 heteroatoms. The van der Waals surface area contributed by atoms with E-state index in [0.29, 0.717) is 19.0 Å². The van der Waals surface area contributed by atoms with Crippen molar-refractivity contribution >= 4 is 11.9 Å². The molecule has 1 amide bonds. The van der Waals surface area contributed by atoms with Crippen molar-refractivity contribution in [1.82, 2.24) is 16.0 Å². The van der Waals surface area contributed by atoms with Gasteiger partial charge in [-0.05, 0) is 46.2 Å². The van der Waals surface area contributed by atoms with Gasteiger partial charge in [0.25, 0.3) is 0 Å². The molecule has 0 radical (unpaired) electrons. The number of nitrogens with zero attached hydrogens (tertiary/aromatic N) is 1. The summed E-state index contributed by atoms with van der Waals surface area (Å²) >= 11 is 0. The Morgan fingerprint density at radius 2 is 1.96 bits per heavy atom. The monoisotopic (exact) mass is 348 g/mol. The first kappa shape index (κ1) is 20.8. The fourth-order valence-electron chi connectivity index (χ4n) is 2.29. The van der Waals surface area contributed by atoms with Crippen molar-refractivity contribution in [3.8, 4) is 5.75 Å². The molecule has 0 aliphatic rings. The topological polar surface area (TPSA) is 74.8 Å². The number of aryl methyl sites for hydroxylation is 1. The average molecular weight is 348 g/mol. The van der Waals surface area contributed by atoms with Gasteiger partial charge in [-0.25, -0.2) is 0 Å². The SMILES string of the molecule is CN=C(NCc1ccc(C)cc1OC(C)C)NCC(C)(C)C(=O)NC. The maximum atomic E-state index is 11.9. The van der Waals surface area contributed by atoms with Gasteiger partial charge in [-0.1, -0.05) is 12.1 Å². The summed E-state index contributed by atoms with van der Waals surface area (Å²) in [5, 5.41) is 9.16. The Balaban J connectivity index is 2.71. The average Bonchev–Trinajstić information content (AvgIpc) is 2.55. The summed E-state index contributed by atoms with van der Waals surface area (Å²) in [7, 11) is 3.35. The number of rotatable bonds is 7. The van der Waals surface area contributed by atoms with Crippen molar-refractivity contribution in [3.63, 3.8) is 0 Å². The van der Waals surface area contributed by atoms with Crippen LogP contribution in [0.3, 0.4) is 0 Å². The van der Waals surface area contributed by atoms with Crippen LogP contribution >= 0.6 is 0 Å². The van der Waals surface area contributed by atoms with Crippen LogP contribution in [-0.4, -0.2) is 38.6 Å². The molecule has 0 saturated heterocycles. The Bertz CT molecular complexity index is 609. The number of carbonyl (C=O) groups is 1. The lowest BCUT2D eigenvalue weighted by Crippen LogP contribution is -2.47. The first-order valence-electron chi connectivity index (χ1n) is 8.62. The highest BCUT2D eigenvalue weighted by Gasteiger charge is 2.26. The minimum absolute atomic E-state index is 0.0124. The first-order chi connectivity index (χ1) is 11.7. The molecule has 0 spiro atoms. The first-order valence-corrected chi connectivity index (χ1v) is 8.62. The number of amides is 1. The lowest BCUT2D eigenvalue weighted by Gasteiger charge is -2.24. The van der Waals surface area contributed by atoms with Gasteiger partial charge >= 0.3 is 0 Å². The predicted molar refractivity (Wildman–Crippen MR) is 103 cm³/mol. The summed E-state index contributed by atoms with van der Waals surface area (Å²) in [6, 6.07) is 6.17. The van der Waals surface area contributed by atoms with Crippen LogP contribution in [0.4, 0.5) is 0 Å². The number of nitrogens with one attached hydrogen (secondary N) is 3. The molecule has 140 valence electrons. The molecule has 0 aliphatic heterocycles. The van der Waals surface area contributed by atoms with Crippen molar-refractivity contribution in [2.45, 2.75) is 47.3 Å². The summed E-state index contributed by atoms with van der Waals surface area (Å²) in [6.07, 6.45) is 0.117. The van der Waals surface area contributed by atoms with Crippen molar-refractivity contribution in [2.75, 3.05) is 20.6 Å². The van der Waals surface area contributed by atoms with E-state index in [0.717, 1.165) is 16.9 Å². The van der Waals surface area contributed by atoms with Crippen molar-refractivity contribution in [1.29, 1.82) is 0 Å². The Labute approximate surface area is 151 Å². The Morgan fingerprint density at radius 1 is 1.28 bits per heavy atom.